The van der Waals surface area contributed by atoms with Crippen molar-refractivity contribution in [2.24, 2.45) is 5.41 Å². The van der Waals surface area contributed by atoms with Gasteiger partial charge in [-0.15, -0.1) is 0 Å². The third-order valence-corrected chi connectivity index (χ3v) is 7.20. The molecule has 3 rings (SSSR count). The van der Waals surface area contributed by atoms with Gasteiger partial charge in [0.05, 0.1) is 11.4 Å². The van der Waals surface area contributed by atoms with E-state index in [-0.39, 0.29) is 17.1 Å². The smallest absolute Gasteiger partial charge is 0.251 e. The van der Waals surface area contributed by atoms with Crippen molar-refractivity contribution in [2.75, 3.05) is 36.2 Å². The third-order valence-electron chi connectivity index (χ3n) is 5.33. The topological polar surface area (TPSA) is 78.5 Å². The van der Waals surface area contributed by atoms with Crippen LogP contribution in [0.4, 0.5) is 5.69 Å². The summed E-state index contributed by atoms with van der Waals surface area (Å²) in [5, 5.41) is 6.40. The zero-order valence-corrected chi connectivity index (χ0v) is 15.8. The summed E-state index contributed by atoms with van der Waals surface area (Å²) < 4.78 is 25.5. The number of hydrogen-bond donors (Lipinski definition) is 2. The molecular weight excluding hydrogens is 338 g/mol. The van der Waals surface area contributed by atoms with Crippen LogP contribution in [0, 0.1) is 12.3 Å². The minimum Gasteiger partial charge on any atom is -0.351 e. The summed E-state index contributed by atoms with van der Waals surface area (Å²) in [6, 6.07) is 5.26. The zero-order chi connectivity index (χ0) is 18.1. The Morgan fingerprint density at radius 1 is 1.32 bits per heavy atom. The number of aryl methyl sites for hydroxylation is 1. The number of rotatable bonds is 4. The lowest BCUT2D eigenvalue weighted by molar-refractivity contribution is 0.0921. The average molecular weight is 365 g/mol. The van der Waals surface area contributed by atoms with E-state index in [9.17, 15) is 13.2 Å². The number of carbonyl (C=O) groups is 1. The van der Waals surface area contributed by atoms with E-state index in [0.717, 1.165) is 31.5 Å². The van der Waals surface area contributed by atoms with E-state index in [0.29, 0.717) is 30.8 Å². The van der Waals surface area contributed by atoms with Gasteiger partial charge in [-0.1, -0.05) is 6.92 Å². The summed E-state index contributed by atoms with van der Waals surface area (Å²) in [6.45, 7) is 7.22. The van der Waals surface area contributed by atoms with Crippen molar-refractivity contribution in [3.05, 3.63) is 29.3 Å². The summed E-state index contributed by atoms with van der Waals surface area (Å²) in [5.41, 5.74) is 2.19. The highest BCUT2D eigenvalue weighted by atomic mass is 32.2. The van der Waals surface area contributed by atoms with Gasteiger partial charge in [0.25, 0.3) is 5.91 Å². The van der Waals surface area contributed by atoms with Gasteiger partial charge in [-0.05, 0) is 68.5 Å². The second-order valence-corrected chi connectivity index (χ2v) is 9.50. The maximum Gasteiger partial charge on any atom is 0.251 e. The number of carbonyl (C=O) groups excluding carboxylic acids is 1. The molecule has 0 spiro atoms. The van der Waals surface area contributed by atoms with Crippen LogP contribution in [-0.2, 0) is 10.0 Å². The van der Waals surface area contributed by atoms with Crippen molar-refractivity contribution in [3.63, 3.8) is 0 Å². The lowest BCUT2D eigenvalue weighted by Gasteiger charge is -2.34. The molecule has 2 heterocycles. The van der Waals surface area contributed by atoms with Gasteiger partial charge in [-0.3, -0.25) is 9.10 Å². The molecule has 25 heavy (non-hydrogen) atoms. The summed E-state index contributed by atoms with van der Waals surface area (Å²) in [7, 11) is -3.20. The molecule has 2 aliphatic heterocycles. The molecule has 0 aliphatic carbocycles. The van der Waals surface area contributed by atoms with Crippen molar-refractivity contribution in [2.45, 2.75) is 33.1 Å². The zero-order valence-electron chi connectivity index (χ0n) is 15.0. The van der Waals surface area contributed by atoms with Crippen molar-refractivity contribution in [3.8, 4) is 0 Å². The average Bonchev–Trinajstić information content (AvgIpc) is 2.92. The molecule has 1 aromatic rings. The molecule has 1 aromatic carbocycles. The maximum atomic E-state index is 12.6. The molecule has 7 heteroatoms. The van der Waals surface area contributed by atoms with E-state index in [2.05, 4.69) is 17.6 Å². The monoisotopic (exact) mass is 365 g/mol. The molecule has 0 saturated carbocycles. The van der Waals surface area contributed by atoms with Gasteiger partial charge in [0.15, 0.2) is 0 Å². The molecule has 0 radical (unpaired) electrons. The van der Waals surface area contributed by atoms with Crippen LogP contribution in [0.25, 0.3) is 0 Å². The van der Waals surface area contributed by atoms with Crippen LogP contribution in [0.5, 0.6) is 0 Å². The van der Waals surface area contributed by atoms with Crippen LogP contribution in [-0.4, -0.2) is 46.3 Å². The Balaban J connectivity index is 1.69. The molecule has 2 saturated heterocycles. The normalized spacial score (nSPS) is 21.9. The van der Waals surface area contributed by atoms with Crippen molar-refractivity contribution >= 4 is 21.6 Å². The largest absolute Gasteiger partial charge is 0.351 e. The Labute approximate surface area is 150 Å². The third kappa shape index (κ3) is 3.98. The number of nitrogens with one attached hydrogen (secondary N) is 2. The van der Waals surface area contributed by atoms with Crippen LogP contribution in [0.1, 0.15) is 42.1 Å². The Hall–Kier alpha value is -1.60. The highest BCUT2D eigenvalue weighted by Crippen LogP contribution is 2.28. The summed E-state index contributed by atoms with van der Waals surface area (Å²) in [4.78, 5) is 12.6. The van der Waals surface area contributed by atoms with Crippen LogP contribution >= 0.6 is 0 Å². The van der Waals surface area contributed by atoms with E-state index in [1.807, 2.05) is 6.92 Å². The Morgan fingerprint density at radius 3 is 2.64 bits per heavy atom. The number of sulfonamides is 1. The van der Waals surface area contributed by atoms with E-state index in [1.54, 1.807) is 18.2 Å². The van der Waals surface area contributed by atoms with Crippen LogP contribution in [0.2, 0.25) is 0 Å². The number of anilines is 1. The number of nitrogens with zero attached hydrogens (tertiary/aromatic N) is 1. The Kier molecular flexibility index (Phi) is 5.06. The predicted molar refractivity (Wildman–Crippen MR) is 99.5 cm³/mol. The molecule has 1 amide bonds. The lowest BCUT2D eigenvalue weighted by Crippen LogP contribution is -2.43. The second kappa shape index (κ2) is 6.96. The Bertz CT molecular complexity index is 755. The first-order valence-corrected chi connectivity index (χ1v) is 10.5. The number of amides is 1. The fourth-order valence-corrected chi connectivity index (χ4v) is 5.14. The first kappa shape index (κ1) is 18.2. The SMILES string of the molecule is Cc1cc(N2CCCS2(=O)=O)ccc1C(=O)NCC1(C)CCNCC1. The van der Waals surface area contributed by atoms with E-state index < -0.39 is 10.0 Å². The van der Waals surface area contributed by atoms with Gasteiger partial charge in [-0.2, -0.15) is 0 Å². The van der Waals surface area contributed by atoms with Crippen molar-refractivity contribution in [1.29, 1.82) is 0 Å². The van der Waals surface area contributed by atoms with Crippen LogP contribution < -0.4 is 14.9 Å². The number of hydrogen-bond acceptors (Lipinski definition) is 4. The molecule has 138 valence electrons. The van der Waals surface area contributed by atoms with Gasteiger partial charge in [0, 0.05) is 18.7 Å². The molecule has 0 aromatic heterocycles. The van der Waals surface area contributed by atoms with Gasteiger partial charge in [0.1, 0.15) is 0 Å². The fourth-order valence-electron chi connectivity index (χ4n) is 3.58. The van der Waals surface area contributed by atoms with E-state index in [1.165, 1.54) is 4.31 Å². The predicted octanol–water partition coefficient (Wildman–Crippen LogP) is 1.65. The van der Waals surface area contributed by atoms with Crippen molar-refractivity contribution in [1.82, 2.24) is 10.6 Å². The molecule has 2 aliphatic rings. The highest BCUT2D eigenvalue weighted by Gasteiger charge is 2.29. The first-order valence-electron chi connectivity index (χ1n) is 8.91. The molecule has 0 bridgehead atoms. The lowest BCUT2D eigenvalue weighted by atomic mass is 9.81. The van der Waals surface area contributed by atoms with Gasteiger partial charge < -0.3 is 10.6 Å². The molecule has 0 unspecified atom stereocenters. The minimum atomic E-state index is -3.20. The molecule has 2 fully saturated rings. The van der Waals surface area contributed by atoms with Crippen LogP contribution in [0.3, 0.4) is 0 Å². The quantitative estimate of drug-likeness (QED) is 0.850. The van der Waals surface area contributed by atoms with Gasteiger partial charge in [-0.25, -0.2) is 8.42 Å². The van der Waals surface area contributed by atoms with Crippen molar-refractivity contribution < 1.29 is 13.2 Å². The molecule has 6 nitrogen and oxygen atoms in total. The number of benzene rings is 1. The summed E-state index contributed by atoms with van der Waals surface area (Å²) in [6.07, 6.45) is 2.76. The van der Waals surface area contributed by atoms with Gasteiger partial charge >= 0.3 is 0 Å². The van der Waals surface area contributed by atoms with Crippen LogP contribution in [0.15, 0.2) is 18.2 Å². The number of piperidine rings is 1. The van der Waals surface area contributed by atoms with E-state index >= 15 is 0 Å². The molecule has 0 atom stereocenters. The molecular formula is C18H27N3O3S. The minimum absolute atomic E-state index is 0.0897. The van der Waals surface area contributed by atoms with Gasteiger partial charge in [0.2, 0.25) is 10.0 Å². The molecule has 2 N–H and O–H groups in total. The summed E-state index contributed by atoms with van der Waals surface area (Å²) >= 11 is 0. The standard InChI is InChI=1S/C18H27N3O3S/c1-14-12-15(21-10-3-11-25(21,23)24)4-5-16(14)17(22)20-13-18(2)6-8-19-9-7-18/h4-5,12,19H,3,6-11,13H2,1-2H3,(H,20,22). The Morgan fingerprint density at radius 2 is 2.04 bits per heavy atom. The second-order valence-electron chi connectivity index (χ2n) is 7.48. The first-order chi connectivity index (χ1) is 11.8. The highest BCUT2D eigenvalue weighted by molar-refractivity contribution is 7.93. The maximum absolute atomic E-state index is 12.6. The fraction of sp³-hybridized carbons (Fsp3) is 0.611. The summed E-state index contributed by atoms with van der Waals surface area (Å²) in [5.74, 6) is 0.106. The van der Waals surface area contributed by atoms with E-state index in [4.69, 9.17) is 0 Å².